The lowest BCUT2D eigenvalue weighted by molar-refractivity contribution is -0.124. The van der Waals surface area contributed by atoms with Gasteiger partial charge in [-0.3, -0.25) is 15.1 Å². The van der Waals surface area contributed by atoms with Crippen molar-refractivity contribution < 1.29 is 9.21 Å². The van der Waals surface area contributed by atoms with Crippen molar-refractivity contribution in [1.29, 1.82) is 5.41 Å². The van der Waals surface area contributed by atoms with Gasteiger partial charge in [0.05, 0.1) is 18.6 Å². The normalized spacial score (nSPS) is 17.1. The van der Waals surface area contributed by atoms with E-state index in [0.29, 0.717) is 23.2 Å². The van der Waals surface area contributed by atoms with Crippen LogP contribution < -0.4 is 0 Å². The quantitative estimate of drug-likeness (QED) is 0.775. The molecule has 1 aromatic rings. The minimum atomic E-state index is -0.0219. The fourth-order valence-electron chi connectivity index (χ4n) is 1.12. The molecule has 0 radical (unpaired) electrons. The lowest BCUT2D eigenvalue weighted by atomic mass is 10.4. The van der Waals surface area contributed by atoms with Gasteiger partial charge in [0, 0.05) is 0 Å². The van der Waals surface area contributed by atoms with Gasteiger partial charge in [0.25, 0.3) is 0 Å². The van der Waals surface area contributed by atoms with Crippen LogP contribution in [0.25, 0.3) is 0 Å². The first-order valence-electron chi connectivity index (χ1n) is 3.81. The van der Waals surface area contributed by atoms with Crippen LogP contribution in [0.5, 0.6) is 0 Å². The van der Waals surface area contributed by atoms with Gasteiger partial charge in [-0.15, -0.1) is 0 Å². The second-order valence-corrected chi connectivity index (χ2v) is 3.62. The van der Waals surface area contributed by atoms with E-state index in [-0.39, 0.29) is 5.91 Å². The molecule has 4 nitrogen and oxygen atoms in total. The van der Waals surface area contributed by atoms with Crippen molar-refractivity contribution in [3.05, 3.63) is 24.2 Å². The SMILES string of the molecule is N=C1SCC(=O)N1Cc1ccco1. The molecule has 0 spiro atoms. The van der Waals surface area contributed by atoms with E-state index in [4.69, 9.17) is 9.83 Å². The van der Waals surface area contributed by atoms with E-state index in [9.17, 15) is 4.79 Å². The number of carbonyl (C=O) groups is 1. The summed E-state index contributed by atoms with van der Waals surface area (Å²) in [6, 6.07) is 3.57. The summed E-state index contributed by atoms with van der Waals surface area (Å²) in [5.41, 5.74) is 0. The summed E-state index contributed by atoms with van der Waals surface area (Å²) in [4.78, 5) is 12.7. The third kappa shape index (κ3) is 1.60. The van der Waals surface area contributed by atoms with Gasteiger partial charge < -0.3 is 4.42 Å². The monoisotopic (exact) mass is 196 g/mol. The molecule has 13 heavy (non-hydrogen) atoms. The van der Waals surface area contributed by atoms with Gasteiger partial charge in [0.2, 0.25) is 5.91 Å². The van der Waals surface area contributed by atoms with Gasteiger partial charge in [-0.05, 0) is 12.1 Å². The smallest absolute Gasteiger partial charge is 0.239 e. The highest BCUT2D eigenvalue weighted by Crippen LogP contribution is 2.20. The Balaban J connectivity index is 2.09. The van der Waals surface area contributed by atoms with Crippen LogP contribution in [0.15, 0.2) is 22.8 Å². The van der Waals surface area contributed by atoms with E-state index in [1.165, 1.54) is 16.7 Å². The van der Waals surface area contributed by atoms with Gasteiger partial charge in [0.1, 0.15) is 5.76 Å². The summed E-state index contributed by atoms with van der Waals surface area (Å²) in [5.74, 6) is 1.06. The first-order chi connectivity index (χ1) is 6.27. The van der Waals surface area contributed by atoms with Crippen LogP contribution in [0.4, 0.5) is 0 Å². The Bertz CT molecular complexity index is 318. The molecular formula is C8H8N2O2S. The topological polar surface area (TPSA) is 57.3 Å². The maximum Gasteiger partial charge on any atom is 0.239 e. The molecule has 2 heterocycles. The Kier molecular flexibility index (Phi) is 2.10. The molecule has 1 fully saturated rings. The van der Waals surface area contributed by atoms with E-state index in [1.54, 1.807) is 18.4 Å². The van der Waals surface area contributed by atoms with Crippen molar-refractivity contribution in [1.82, 2.24) is 4.90 Å². The predicted octanol–water partition coefficient (Wildman–Crippen LogP) is 1.29. The molecular weight excluding hydrogens is 188 g/mol. The Morgan fingerprint density at radius 1 is 1.69 bits per heavy atom. The Morgan fingerprint density at radius 2 is 2.54 bits per heavy atom. The van der Waals surface area contributed by atoms with Gasteiger partial charge in [-0.1, -0.05) is 11.8 Å². The fraction of sp³-hybridized carbons (Fsp3) is 0.250. The minimum absolute atomic E-state index is 0.0219. The Morgan fingerprint density at radius 3 is 3.08 bits per heavy atom. The molecule has 0 saturated carbocycles. The third-order valence-corrected chi connectivity index (χ3v) is 2.66. The van der Waals surface area contributed by atoms with Crippen molar-refractivity contribution in [3.63, 3.8) is 0 Å². The molecule has 0 aliphatic carbocycles. The number of amides is 1. The molecule has 1 amide bonds. The number of hydrogen-bond donors (Lipinski definition) is 1. The first-order valence-corrected chi connectivity index (χ1v) is 4.80. The number of nitrogens with zero attached hydrogens (tertiary/aromatic N) is 1. The molecule has 0 atom stereocenters. The summed E-state index contributed by atoms with van der Waals surface area (Å²) >= 11 is 1.25. The van der Waals surface area contributed by atoms with Crippen LogP contribution in [0.2, 0.25) is 0 Å². The van der Waals surface area contributed by atoms with Crippen LogP contribution in [-0.4, -0.2) is 21.7 Å². The van der Waals surface area contributed by atoms with E-state index in [1.807, 2.05) is 0 Å². The third-order valence-electron chi connectivity index (χ3n) is 1.77. The molecule has 0 bridgehead atoms. The van der Waals surface area contributed by atoms with Gasteiger partial charge in [-0.2, -0.15) is 0 Å². The second-order valence-electron chi connectivity index (χ2n) is 2.65. The summed E-state index contributed by atoms with van der Waals surface area (Å²) in [6.07, 6.45) is 1.56. The fourth-order valence-corrected chi connectivity index (χ4v) is 1.86. The number of carbonyl (C=O) groups excluding carboxylic acids is 1. The Hall–Kier alpha value is -1.23. The van der Waals surface area contributed by atoms with E-state index < -0.39 is 0 Å². The van der Waals surface area contributed by atoms with Crippen molar-refractivity contribution in [2.24, 2.45) is 0 Å². The lowest BCUT2D eigenvalue weighted by Crippen LogP contribution is -2.28. The number of hydrogen-bond acceptors (Lipinski definition) is 4. The van der Waals surface area contributed by atoms with Gasteiger partial charge in [0.15, 0.2) is 5.17 Å². The molecule has 2 rings (SSSR count). The number of thioether (sulfide) groups is 1. The average Bonchev–Trinajstić information content (AvgIpc) is 2.70. The highest BCUT2D eigenvalue weighted by Gasteiger charge is 2.27. The first kappa shape index (κ1) is 8.37. The second kappa shape index (κ2) is 3.26. The zero-order valence-corrected chi connectivity index (χ0v) is 7.63. The number of rotatable bonds is 2. The largest absolute Gasteiger partial charge is 0.467 e. The standard InChI is InChI=1S/C8H8N2O2S/c9-8-10(7(11)5-13-8)4-6-2-1-3-12-6/h1-3,9H,4-5H2. The molecule has 1 N–H and O–H groups in total. The summed E-state index contributed by atoms with van der Waals surface area (Å²) in [5, 5.41) is 7.77. The molecule has 5 heteroatoms. The number of furan rings is 1. The molecule has 0 unspecified atom stereocenters. The van der Waals surface area contributed by atoms with Crippen molar-refractivity contribution in [2.75, 3.05) is 5.75 Å². The van der Waals surface area contributed by atoms with Crippen LogP contribution in [0.1, 0.15) is 5.76 Å². The molecule has 0 aromatic carbocycles. The molecule has 1 aliphatic heterocycles. The maximum atomic E-state index is 11.2. The number of amidine groups is 1. The highest BCUT2D eigenvalue weighted by atomic mass is 32.2. The van der Waals surface area contributed by atoms with Crippen LogP contribution in [-0.2, 0) is 11.3 Å². The summed E-state index contributed by atoms with van der Waals surface area (Å²) < 4.78 is 5.09. The molecule has 1 aromatic heterocycles. The highest BCUT2D eigenvalue weighted by molar-refractivity contribution is 8.14. The number of nitrogens with one attached hydrogen (secondary N) is 1. The predicted molar refractivity (Wildman–Crippen MR) is 49.4 cm³/mol. The summed E-state index contributed by atoms with van der Waals surface area (Å²) in [7, 11) is 0. The molecule has 68 valence electrons. The molecule has 1 saturated heterocycles. The van der Waals surface area contributed by atoms with Crippen molar-refractivity contribution >= 4 is 22.8 Å². The molecule has 1 aliphatic rings. The Labute approximate surface area is 79.4 Å². The lowest BCUT2D eigenvalue weighted by Gasteiger charge is -2.11. The van der Waals surface area contributed by atoms with Gasteiger partial charge >= 0.3 is 0 Å². The minimum Gasteiger partial charge on any atom is -0.467 e. The maximum absolute atomic E-state index is 11.2. The van der Waals surface area contributed by atoms with Crippen LogP contribution in [0, 0.1) is 5.41 Å². The van der Waals surface area contributed by atoms with Crippen molar-refractivity contribution in [3.8, 4) is 0 Å². The van der Waals surface area contributed by atoms with Gasteiger partial charge in [-0.25, -0.2) is 0 Å². The average molecular weight is 196 g/mol. The van der Waals surface area contributed by atoms with Crippen molar-refractivity contribution in [2.45, 2.75) is 6.54 Å². The van der Waals surface area contributed by atoms with E-state index in [2.05, 4.69) is 0 Å². The summed E-state index contributed by atoms with van der Waals surface area (Å²) in [6.45, 7) is 0.373. The van der Waals surface area contributed by atoms with E-state index >= 15 is 0 Å². The van der Waals surface area contributed by atoms with Crippen LogP contribution >= 0.6 is 11.8 Å². The van der Waals surface area contributed by atoms with Crippen LogP contribution in [0.3, 0.4) is 0 Å². The zero-order valence-electron chi connectivity index (χ0n) is 6.82. The zero-order chi connectivity index (χ0) is 9.26. The van der Waals surface area contributed by atoms with E-state index in [0.717, 1.165) is 0 Å².